The van der Waals surface area contributed by atoms with Gasteiger partial charge in [0.05, 0.1) is 28.0 Å². The van der Waals surface area contributed by atoms with Crippen LogP contribution in [-0.4, -0.2) is 14.5 Å². The number of rotatable bonds is 5. The highest BCUT2D eigenvalue weighted by Gasteiger charge is 2.22. The normalized spacial score (nSPS) is 11.9. The van der Waals surface area contributed by atoms with Crippen molar-refractivity contribution in [3.63, 3.8) is 0 Å². The molecule has 57 heavy (non-hydrogen) atoms. The van der Waals surface area contributed by atoms with Crippen LogP contribution in [0.25, 0.3) is 116 Å². The SMILES string of the molecule is c1ccc(-c2cc(-c3ccccc3)nc(-c3cccc4c3oc3c4ccc4c5cccc(-c6ccc7c(c6)c6ccccc6n7-c6ccccc6)c5oc43)n2)cc1. The van der Waals surface area contributed by atoms with Crippen molar-refractivity contribution in [2.24, 2.45) is 0 Å². The molecule has 0 aliphatic heterocycles. The third kappa shape index (κ3) is 4.89. The number of hydrogen-bond acceptors (Lipinski definition) is 4. The lowest BCUT2D eigenvalue weighted by Gasteiger charge is -2.09. The molecule has 12 aromatic rings. The van der Waals surface area contributed by atoms with Crippen LogP contribution in [0.4, 0.5) is 0 Å². The van der Waals surface area contributed by atoms with E-state index in [1.807, 2.05) is 42.5 Å². The van der Waals surface area contributed by atoms with E-state index in [1.165, 1.54) is 16.3 Å². The highest BCUT2D eigenvalue weighted by Crippen LogP contribution is 2.44. The minimum absolute atomic E-state index is 0.604. The summed E-state index contributed by atoms with van der Waals surface area (Å²) in [5.41, 5.74) is 13.2. The Bertz CT molecular complexity index is 3450. The summed E-state index contributed by atoms with van der Waals surface area (Å²) < 4.78 is 16.2. The van der Waals surface area contributed by atoms with Crippen LogP contribution in [-0.2, 0) is 0 Å². The van der Waals surface area contributed by atoms with E-state index in [1.54, 1.807) is 0 Å². The van der Waals surface area contributed by atoms with Crippen molar-refractivity contribution in [2.45, 2.75) is 0 Å². The van der Waals surface area contributed by atoms with Gasteiger partial charge in [-0.15, -0.1) is 0 Å². The fourth-order valence-electron chi connectivity index (χ4n) is 8.59. The second-order valence-electron chi connectivity index (χ2n) is 14.5. The molecule has 0 aliphatic rings. The second-order valence-corrected chi connectivity index (χ2v) is 14.5. The predicted octanol–water partition coefficient (Wildman–Crippen LogP) is 14.0. The number of hydrogen-bond donors (Lipinski definition) is 0. The first kappa shape index (κ1) is 31.6. The summed E-state index contributed by atoms with van der Waals surface area (Å²) in [5, 5.41) is 6.43. The van der Waals surface area contributed by atoms with Gasteiger partial charge in [0, 0.05) is 54.7 Å². The van der Waals surface area contributed by atoms with Crippen LogP contribution < -0.4 is 0 Å². The van der Waals surface area contributed by atoms with Crippen molar-refractivity contribution in [1.29, 1.82) is 0 Å². The topological polar surface area (TPSA) is 57.0 Å². The summed E-state index contributed by atoms with van der Waals surface area (Å²) in [4.78, 5) is 10.3. The fourth-order valence-corrected chi connectivity index (χ4v) is 8.59. The fraction of sp³-hybridized carbons (Fsp3) is 0. The van der Waals surface area contributed by atoms with Gasteiger partial charge in [-0.3, -0.25) is 0 Å². The number of fused-ring (bicyclic) bond motifs is 10. The van der Waals surface area contributed by atoms with E-state index in [4.69, 9.17) is 18.8 Å². The Morgan fingerprint density at radius 1 is 0.333 bits per heavy atom. The van der Waals surface area contributed by atoms with Crippen molar-refractivity contribution in [2.75, 3.05) is 0 Å². The maximum atomic E-state index is 6.92. The van der Waals surface area contributed by atoms with Crippen LogP contribution in [0.1, 0.15) is 0 Å². The summed E-state index contributed by atoms with van der Waals surface area (Å²) in [6.07, 6.45) is 0. The molecule has 0 radical (unpaired) electrons. The quantitative estimate of drug-likeness (QED) is 0.177. The van der Waals surface area contributed by atoms with Crippen LogP contribution >= 0.6 is 0 Å². The molecule has 12 rings (SSSR count). The monoisotopic (exact) mass is 729 g/mol. The largest absolute Gasteiger partial charge is 0.451 e. The van der Waals surface area contributed by atoms with E-state index in [-0.39, 0.29) is 0 Å². The number of aromatic nitrogens is 3. The van der Waals surface area contributed by atoms with Crippen molar-refractivity contribution in [1.82, 2.24) is 14.5 Å². The van der Waals surface area contributed by atoms with Gasteiger partial charge in [-0.1, -0.05) is 133 Å². The van der Waals surface area contributed by atoms with Gasteiger partial charge in [0.25, 0.3) is 0 Å². The zero-order chi connectivity index (χ0) is 37.5. The zero-order valence-corrected chi connectivity index (χ0v) is 30.6. The summed E-state index contributed by atoms with van der Waals surface area (Å²) in [6, 6.07) is 65.4. The minimum Gasteiger partial charge on any atom is -0.451 e. The Morgan fingerprint density at radius 2 is 0.842 bits per heavy atom. The highest BCUT2D eigenvalue weighted by atomic mass is 16.4. The lowest BCUT2D eigenvalue weighted by atomic mass is 10.00. The molecule has 0 fully saturated rings. The number of furan rings is 2. The molecule has 0 aliphatic carbocycles. The van der Waals surface area contributed by atoms with Gasteiger partial charge >= 0.3 is 0 Å². The third-order valence-electron chi connectivity index (χ3n) is 11.2. The molecule has 0 atom stereocenters. The average Bonchev–Trinajstić information content (AvgIpc) is 3.97. The molecule has 0 amide bonds. The standard InChI is InChI=1S/C52H31N3O2/c1-4-14-32(15-5-1)44-31-45(33-16-6-2-7-17-33)54-52(53-44)42-24-13-23-39-41-28-27-40-38-22-12-21-36(48(38)56-50(40)51(41)57-49(39)42)34-26-29-47-43(30-34)37-20-10-11-25-46(37)55(47)35-18-8-3-9-19-35/h1-31H. The van der Waals surface area contributed by atoms with E-state index in [0.29, 0.717) is 11.4 Å². The smallest absolute Gasteiger partial charge is 0.178 e. The van der Waals surface area contributed by atoms with E-state index in [0.717, 1.165) is 88.7 Å². The maximum absolute atomic E-state index is 6.92. The van der Waals surface area contributed by atoms with E-state index < -0.39 is 0 Å². The van der Waals surface area contributed by atoms with E-state index in [2.05, 4.69) is 150 Å². The molecule has 0 bridgehead atoms. The van der Waals surface area contributed by atoms with E-state index >= 15 is 0 Å². The molecule has 0 spiro atoms. The molecular formula is C52H31N3O2. The van der Waals surface area contributed by atoms with Gasteiger partial charge in [0.2, 0.25) is 0 Å². The lowest BCUT2D eigenvalue weighted by Crippen LogP contribution is -1.96. The van der Waals surface area contributed by atoms with Gasteiger partial charge in [-0.25, -0.2) is 9.97 Å². The Labute approximate surface area is 326 Å². The van der Waals surface area contributed by atoms with Gasteiger partial charge < -0.3 is 13.4 Å². The molecule has 4 heterocycles. The highest BCUT2D eigenvalue weighted by molar-refractivity contribution is 6.21. The van der Waals surface area contributed by atoms with Gasteiger partial charge in [0.1, 0.15) is 11.2 Å². The Morgan fingerprint density at radius 3 is 1.49 bits per heavy atom. The van der Waals surface area contributed by atoms with Crippen molar-refractivity contribution < 1.29 is 8.83 Å². The molecule has 266 valence electrons. The first-order valence-electron chi connectivity index (χ1n) is 19.2. The van der Waals surface area contributed by atoms with Gasteiger partial charge in [-0.05, 0) is 60.2 Å². The molecule has 0 N–H and O–H groups in total. The zero-order valence-electron chi connectivity index (χ0n) is 30.6. The van der Waals surface area contributed by atoms with Crippen molar-refractivity contribution >= 4 is 65.7 Å². The minimum atomic E-state index is 0.604. The van der Waals surface area contributed by atoms with Crippen LogP contribution in [0.5, 0.6) is 0 Å². The number of nitrogens with zero attached hydrogens (tertiary/aromatic N) is 3. The lowest BCUT2D eigenvalue weighted by molar-refractivity contribution is 0.634. The van der Waals surface area contributed by atoms with Crippen LogP contribution in [0.2, 0.25) is 0 Å². The maximum Gasteiger partial charge on any atom is 0.178 e. The first-order chi connectivity index (χ1) is 28.3. The molecule has 0 unspecified atom stereocenters. The second kappa shape index (κ2) is 12.4. The third-order valence-corrected chi connectivity index (χ3v) is 11.2. The Kier molecular flexibility index (Phi) is 6.86. The first-order valence-corrected chi connectivity index (χ1v) is 19.2. The van der Waals surface area contributed by atoms with Crippen molar-refractivity contribution in [3.05, 3.63) is 188 Å². The molecule has 8 aromatic carbocycles. The van der Waals surface area contributed by atoms with E-state index in [9.17, 15) is 0 Å². The number of para-hydroxylation sites is 4. The molecule has 5 nitrogen and oxygen atoms in total. The molecule has 5 heteroatoms. The van der Waals surface area contributed by atoms with Crippen LogP contribution in [0.3, 0.4) is 0 Å². The van der Waals surface area contributed by atoms with Crippen molar-refractivity contribution in [3.8, 4) is 50.7 Å². The summed E-state index contributed by atoms with van der Waals surface area (Å²) in [6.45, 7) is 0. The van der Waals surface area contributed by atoms with Gasteiger partial charge in [0.15, 0.2) is 17.0 Å². The van der Waals surface area contributed by atoms with Gasteiger partial charge in [-0.2, -0.15) is 0 Å². The summed E-state index contributed by atoms with van der Waals surface area (Å²) in [5.74, 6) is 0.604. The van der Waals surface area contributed by atoms with Crippen LogP contribution in [0, 0.1) is 0 Å². The molecule has 4 aromatic heterocycles. The Hall–Kier alpha value is -7.76. The molecule has 0 saturated carbocycles. The molecule has 0 saturated heterocycles. The average molecular weight is 730 g/mol. The predicted molar refractivity (Wildman–Crippen MR) is 233 cm³/mol. The molecular weight excluding hydrogens is 699 g/mol. The van der Waals surface area contributed by atoms with Crippen LogP contribution in [0.15, 0.2) is 197 Å². The Balaban J connectivity index is 1.04. The summed E-state index contributed by atoms with van der Waals surface area (Å²) in [7, 11) is 0. The summed E-state index contributed by atoms with van der Waals surface area (Å²) >= 11 is 0. The number of benzene rings is 8.